The second-order valence-corrected chi connectivity index (χ2v) is 7.75. The summed E-state index contributed by atoms with van der Waals surface area (Å²) in [5.41, 5.74) is 0.687. The van der Waals surface area contributed by atoms with Crippen molar-refractivity contribution in [2.75, 3.05) is 39.3 Å². The summed E-state index contributed by atoms with van der Waals surface area (Å²) in [7, 11) is 0. The number of nitrogens with zero attached hydrogens (tertiary/aromatic N) is 2. The van der Waals surface area contributed by atoms with E-state index >= 15 is 0 Å². The van der Waals surface area contributed by atoms with Crippen LogP contribution in [0.5, 0.6) is 0 Å². The highest BCUT2D eigenvalue weighted by molar-refractivity contribution is 5.94. The molecule has 7 nitrogen and oxygen atoms in total. The van der Waals surface area contributed by atoms with Crippen LogP contribution in [0.3, 0.4) is 0 Å². The first-order chi connectivity index (χ1) is 15.3. The topological polar surface area (TPSA) is 81.9 Å². The molecule has 1 aromatic heterocycles. The van der Waals surface area contributed by atoms with Gasteiger partial charge in [0.15, 0.2) is 5.96 Å². The van der Waals surface area contributed by atoms with Gasteiger partial charge in [0.25, 0.3) is 5.91 Å². The Kier molecular flexibility index (Phi) is 9.44. The maximum atomic E-state index is 12.1. The summed E-state index contributed by atoms with van der Waals surface area (Å²) in [5, 5.41) is 9.65. The van der Waals surface area contributed by atoms with Gasteiger partial charge in [-0.3, -0.25) is 14.7 Å². The van der Waals surface area contributed by atoms with E-state index < -0.39 is 0 Å². The van der Waals surface area contributed by atoms with Crippen molar-refractivity contribution in [2.45, 2.75) is 38.6 Å². The summed E-state index contributed by atoms with van der Waals surface area (Å²) in [6, 6.07) is 13.4. The summed E-state index contributed by atoms with van der Waals surface area (Å²) in [6.45, 7) is 7.03. The number of nitrogens with one attached hydrogen (secondary N) is 3. The minimum absolute atomic E-state index is 0.0380. The highest BCUT2D eigenvalue weighted by Crippen LogP contribution is 2.25. The first-order valence-electron chi connectivity index (χ1n) is 11.4. The third kappa shape index (κ3) is 7.43. The number of guanidine groups is 1. The summed E-state index contributed by atoms with van der Waals surface area (Å²) in [4.78, 5) is 19.4. The fourth-order valence-electron chi connectivity index (χ4n) is 3.80. The zero-order valence-electron chi connectivity index (χ0n) is 18.5. The zero-order chi connectivity index (χ0) is 21.7. The number of furan rings is 1. The van der Waals surface area contributed by atoms with Gasteiger partial charge in [-0.2, -0.15) is 0 Å². The largest absolute Gasteiger partial charge is 0.468 e. The predicted molar refractivity (Wildman–Crippen MR) is 124 cm³/mol. The van der Waals surface area contributed by atoms with Crippen LogP contribution in [0, 0.1) is 0 Å². The Balaban J connectivity index is 1.47. The molecule has 0 saturated carbocycles. The fraction of sp³-hybridized carbons (Fsp3) is 0.500. The molecule has 1 saturated heterocycles. The molecule has 0 spiro atoms. The van der Waals surface area contributed by atoms with Crippen LogP contribution in [0.2, 0.25) is 0 Å². The molecule has 1 atom stereocenters. The molecule has 1 aromatic carbocycles. The first-order valence-corrected chi connectivity index (χ1v) is 11.4. The van der Waals surface area contributed by atoms with E-state index in [1.807, 2.05) is 42.5 Å². The molecule has 31 heavy (non-hydrogen) atoms. The Labute approximate surface area is 185 Å². The summed E-state index contributed by atoms with van der Waals surface area (Å²) in [5.74, 6) is 1.74. The predicted octanol–water partition coefficient (Wildman–Crippen LogP) is 3.18. The Morgan fingerprint density at radius 2 is 1.81 bits per heavy atom. The Bertz CT molecular complexity index is 786. The van der Waals surface area contributed by atoms with Gasteiger partial charge in [0.05, 0.1) is 18.8 Å². The first kappa shape index (κ1) is 22.9. The van der Waals surface area contributed by atoms with Gasteiger partial charge in [-0.25, -0.2) is 0 Å². The molecule has 0 aliphatic carbocycles. The molecule has 1 fully saturated rings. The number of benzene rings is 1. The maximum Gasteiger partial charge on any atom is 0.251 e. The van der Waals surface area contributed by atoms with Crippen LogP contribution in [-0.2, 0) is 0 Å². The van der Waals surface area contributed by atoms with E-state index in [1.54, 1.807) is 6.26 Å². The molecule has 2 heterocycles. The quantitative estimate of drug-likeness (QED) is 0.309. The number of aliphatic imine (C=N–C) groups is 1. The summed E-state index contributed by atoms with van der Waals surface area (Å²) in [6.07, 6.45) is 6.32. The molecule has 1 aliphatic rings. The van der Waals surface area contributed by atoms with Crippen LogP contribution in [0.4, 0.5) is 0 Å². The number of carbonyl (C=O) groups is 1. The lowest BCUT2D eigenvalue weighted by Gasteiger charge is -2.32. The van der Waals surface area contributed by atoms with Gasteiger partial charge in [0.1, 0.15) is 5.76 Å². The highest BCUT2D eigenvalue weighted by Gasteiger charge is 2.24. The molecule has 168 valence electrons. The maximum absolute atomic E-state index is 12.1. The van der Waals surface area contributed by atoms with Crippen molar-refractivity contribution >= 4 is 11.9 Å². The van der Waals surface area contributed by atoms with E-state index in [4.69, 9.17) is 9.41 Å². The molecular formula is C24H35N5O2. The van der Waals surface area contributed by atoms with Gasteiger partial charge >= 0.3 is 0 Å². The molecule has 1 amide bonds. The Morgan fingerprint density at radius 3 is 2.52 bits per heavy atom. The Morgan fingerprint density at radius 1 is 1.03 bits per heavy atom. The van der Waals surface area contributed by atoms with E-state index in [9.17, 15) is 4.79 Å². The lowest BCUT2D eigenvalue weighted by atomic mass is 10.1. The molecule has 0 radical (unpaired) electrons. The highest BCUT2D eigenvalue weighted by atomic mass is 16.3. The van der Waals surface area contributed by atoms with E-state index in [1.165, 1.54) is 19.3 Å². The van der Waals surface area contributed by atoms with E-state index in [0.29, 0.717) is 18.7 Å². The van der Waals surface area contributed by atoms with Gasteiger partial charge in [-0.1, -0.05) is 24.6 Å². The second kappa shape index (κ2) is 12.8. The molecular weight excluding hydrogens is 390 g/mol. The minimum atomic E-state index is -0.0380. The van der Waals surface area contributed by atoms with Crippen molar-refractivity contribution in [1.29, 1.82) is 0 Å². The van der Waals surface area contributed by atoms with Gasteiger partial charge in [-0.05, 0) is 63.5 Å². The number of rotatable bonds is 10. The number of piperidine rings is 1. The smallest absolute Gasteiger partial charge is 0.251 e. The van der Waals surface area contributed by atoms with E-state index in [-0.39, 0.29) is 11.9 Å². The minimum Gasteiger partial charge on any atom is -0.468 e. The zero-order valence-corrected chi connectivity index (χ0v) is 18.5. The van der Waals surface area contributed by atoms with Gasteiger partial charge in [-0.15, -0.1) is 0 Å². The molecule has 1 aliphatic heterocycles. The third-order valence-corrected chi connectivity index (χ3v) is 5.44. The van der Waals surface area contributed by atoms with Crippen LogP contribution in [0.1, 0.15) is 54.8 Å². The third-order valence-electron chi connectivity index (χ3n) is 5.44. The van der Waals surface area contributed by atoms with Crippen LogP contribution in [-0.4, -0.2) is 56.0 Å². The number of carbonyl (C=O) groups excluding carboxylic acids is 1. The molecule has 2 aromatic rings. The van der Waals surface area contributed by atoms with Crippen LogP contribution < -0.4 is 16.0 Å². The van der Waals surface area contributed by atoms with Crippen molar-refractivity contribution in [1.82, 2.24) is 20.9 Å². The monoisotopic (exact) mass is 425 g/mol. The van der Waals surface area contributed by atoms with E-state index in [2.05, 4.69) is 27.8 Å². The fourth-order valence-corrected chi connectivity index (χ4v) is 3.80. The molecule has 1 unspecified atom stereocenters. The van der Waals surface area contributed by atoms with Crippen molar-refractivity contribution in [2.24, 2.45) is 4.99 Å². The molecule has 7 heteroatoms. The van der Waals surface area contributed by atoms with Crippen molar-refractivity contribution in [3.63, 3.8) is 0 Å². The van der Waals surface area contributed by atoms with Gasteiger partial charge in [0, 0.05) is 25.2 Å². The normalized spacial score (nSPS) is 16.0. The number of amides is 1. The van der Waals surface area contributed by atoms with Crippen LogP contribution in [0.15, 0.2) is 58.1 Å². The van der Waals surface area contributed by atoms with Crippen molar-refractivity contribution in [3.05, 3.63) is 60.1 Å². The van der Waals surface area contributed by atoms with Crippen LogP contribution in [0.25, 0.3) is 0 Å². The van der Waals surface area contributed by atoms with Crippen molar-refractivity contribution < 1.29 is 9.21 Å². The average Bonchev–Trinajstić information content (AvgIpc) is 3.34. The van der Waals surface area contributed by atoms with Gasteiger partial charge < -0.3 is 20.4 Å². The SMILES string of the molecule is CCNC(=NCC(c1ccco1)N1CCCCC1)NCCCNC(=O)c1ccccc1. The number of hydrogen-bond acceptors (Lipinski definition) is 4. The Hall–Kier alpha value is -2.80. The van der Waals surface area contributed by atoms with Gasteiger partial charge in [0.2, 0.25) is 0 Å². The molecule has 3 rings (SSSR count). The number of likely N-dealkylation sites (tertiary alicyclic amines) is 1. The van der Waals surface area contributed by atoms with Crippen molar-refractivity contribution in [3.8, 4) is 0 Å². The summed E-state index contributed by atoms with van der Waals surface area (Å²) < 4.78 is 5.72. The second-order valence-electron chi connectivity index (χ2n) is 7.75. The lowest BCUT2D eigenvalue weighted by molar-refractivity contribution is 0.0953. The van der Waals surface area contributed by atoms with E-state index in [0.717, 1.165) is 44.3 Å². The number of hydrogen-bond donors (Lipinski definition) is 3. The molecule has 0 bridgehead atoms. The average molecular weight is 426 g/mol. The summed E-state index contributed by atoms with van der Waals surface area (Å²) >= 11 is 0. The van der Waals surface area contributed by atoms with Crippen LogP contribution >= 0.6 is 0 Å². The lowest BCUT2D eigenvalue weighted by Crippen LogP contribution is -2.40. The standard InChI is InChI=1S/C24H35N5O2/c1-2-25-24(27-15-10-14-26-23(30)20-11-5-3-6-12-20)28-19-21(22-13-9-18-31-22)29-16-7-4-8-17-29/h3,5-6,9,11-13,18,21H,2,4,7-8,10,14-17,19H2,1H3,(H,26,30)(H2,25,27,28). The molecule has 3 N–H and O–H groups in total.